The molecule has 0 radical (unpaired) electrons. The number of benzene rings is 2. The van der Waals surface area contributed by atoms with Gasteiger partial charge >= 0.3 is 0 Å². The van der Waals surface area contributed by atoms with Crippen LogP contribution in [0.5, 0.6) is 5.75 Å². The molecule has 1 heterocycles. The zero-order valence-electron chi connectivity index (χ0n) is 15.7. The van der Waals surface area contributed by atoms with Crippen molar-refractivity contribution in [1.82, 2.24) is 0 Å². The van der Waals surface area contributed by atoms with Gasteiger partial charge in [0.2, 0.25) is 0 Å². The molecular weight excluding hydrogens is 310 g/mol. The van der Waals surface area contributed by atoms with Gasteiger partial charge in [0.15, 0.2) is 0 Å². The molecule has 2 aromatic carbocycles. The Morgan fingerprint density at radius 2 is 1.92 bits per heavy atom. The molecule has 0 aromatic heterocycles. The normalized spacial score (nSPS) is 14.8. The molecule has 0 saturated carbocycles. The Balaban J connectivity index is 2.10. The topological polar surface area (TPSA) is 47.9 Å². The van der Waals surface area contributed by atoms with E-state index in [1.165, 1.54) is 5.56 Å². The first-order valence-electron chi connectivity index (χ1n) is 8.88. The number of hydrazine groups is 1. The van der Waals surface area contributed by atoms with E-state index in [1.54, 1.807) is 5.12 Å². The summed E-state index contributed by atoms with van der Waals surface area (Å²) in [4.78, 5) is 0. The Morgan fingerprint density at radius 1 is 1.20 bits per heavy atom. The molecule has 0 amide bonds. The van der Waals surface area contributed by atoms with Crippen molar-refractivity contribution in [2.45, 2.75) is 52.4 Å². The largest absolute Gasteiger partial charge is 0.505 e. The standard InChI is InChI=1S/C21H27N3O/c1-6-14(2)17-11-16(21(3,4)5)12-19(20(17)25)24-22-13-15-9-7-8-10-18(15)23-24/h7-14,23,25H,6H2,1-5H3. The Morgan fingerprint density at radius 3 is 2.60 bits per heavy atom. The molecule has 1 aliphatic heterocycles. The van der Waals surface area contributed by atoms with E-state index < -0.39 is 0 Å². The average Bonchev–Trinajstić information content (AvgIpc) is 2.60. The zero-order valence-corrected chi connectivity index (χ0v) is 15.7. The average molecular weight is 337 g/mol. The molecule has 0 bridgehead atoms. The summed E-state index contributed by atoms with van der Waals surface area (Å²) >= 11 is 0. The number of para-hydroxylation sites is 1. The maximum Gasteiger partial charge on any atom is 0.146 e. The molecule has 0 fully saturated rings. The second kappa shape index (κ2) is 6.43. The van der Waals surface area contributed by atoms with Gasteiger partial charge in [0.1, 0.15) is 11.4 Å². The van der Waals surface area contributed by atoms with Gasteiger partial charge in [-0.05, 0) is 41.0 Å². The highest BCUT2D eigenvalue weighted by atomic mass is 16.3. The maximum atomic E-state index is 10.9. The highest BCUT2D eigenvalue weighted by Gasteiger charge is 2.24. The second-order valence-electron chi connectivity index (χ2n) is 7.75. The number of rotatable bonds is 3. The van der Waals surface area contributed by atoms with Gasteiger partial charge in [-0.2, -0.15) is 10.2 Å². The molecular formula is C21H27N3O. The van der Waals surface area contributed by atoms with Crippen molar-refractivity contribution in [3.8, 4) is 5.75 Å². The van der Waals surface area contributed by atoms with E-state index >= 15 is 0 Å². The molecule has 0 spiro atoms. The second-order valence-corrected chi connectivity index (χ2v) is 7.75. The van der Waals surface area contributed by atoms with Crippen molar-refractivity contribution < 1.29 is 5.11 Å². The van der Waals surface area contributed by atoms with Crippen LogP contribution in [0.25, 0.3) is 0 Å². The number of fused-ring (bicyclic) bond motifs is 1. The predicted octanol–water partition coefficient (Wildman–Crippen LogP) is 5.38. The summed E-state index contributed by atoms with van der Waals surface area (Å²) in [7, 11) is 0. The van der Waals surface area contributed by atoms with Crippen LogP contribution in [0, 0.1) is 0 Å². The monoisotopic (exact) mass is 337 g/mol. The molecule has 132 valence electrons. The smallest absolute Gasteiger partial charge is 0.146 e. The van der Waals surface area contributed by atoms with Crippen molar-refractivity contribution in [2.75, 3.05) is 10.5 Å². The highest BCUT2D eigenvalue weighted by molar-refractivity contribution is 5.91. The van der Waals surface area contributed by atoms with E-state index in [4.69, 9.17) is 0 Å². The minimum Gasteiger partial charge on any atom is -0.505 e. The summed E-state index contributed by atoms with van der Waals surface area (Å²) < 4.78 is 0. The molecule has 4 heteroatoms. The minimum atomic E-state index is -0.0118. The molecule has 1 aliphatic rings. The number of hydrogen-bond donors (Lipinski definition) is 2. The van der Waals surface area contributed by atoms with Crippen LogP contribution < -0.4 is 10.5 Å². The fraction of sp³-hybridized carbons (Fsp3) is 0.381. The van der Waals surface area contributed by atoms with Gasteiger partial charge in [-0.3, -0.25) is 5.43 Å². The van der Waals surface area contributed by atoms with Crippen LogP contribution in [0.1, 0.15) is 63.6 Å². The zero-order chi connectivity index (χ0) is 18.2. The summed E-state index contributed by atoms with van der Waals surface area (Å²) in [5.74, 6) is 0.577. The third-order valence-corrected chi connectivity index (χ3v) is 4.86. The van der Waals surface area contributed by atoms with E-state index in [2.05, 4.69) is 51.2 Å². The lowest BCUT2D eigenvalue weighted by molar-refractivity contribution is 0.460. The fourth-order valence-electron chi connectivity index (χ4n) is 2.93. The minimum absolute atomic E-state index is 0.0118. The lowest BCUT2D eigenvalue weighted by atomic mass is 9.83. The van der Waals surface area contributed by atoms with Crippen LogP contribution in [0.4, 0.5) is 11.4 Å². The summed E-state index contributed by atoms with van der Waals surface area (Å²) in [6.07, 6.45) is 2.79. The lowest BCUT2D eigenvalue weighted by Gasteiger charge is -2.30. The number of anilines is 2. The van der Waals surface area contributed by atoms with E-state index in [0.29, 0.717) is 11.4 Å². The Hall–Kier alpha value is -2.49. The Labute approximate surface area is 150 Å². The van der Waals surface area contributed by atoms with Crippen molar-refractivity contribution in [3.63, 3.8) is 0 Å². The van der Waals surface area contributed by atoms with Crippen LogP contribution >= 0.6 is 0 Å². The first kappa shape index (κ1) is 17.3. The van der Waals surface area contributed by atoms with Gasteiger partial charge in [-0.25, -0.2) is 0 Å². The number of hydrogen-bond acceptors (Lipinski definition) is 4. The van der Waals surface area contributed by atoms with Gasteiger partial charge in [0.05, 0.1) is 11.9 Å². The fourth-order valence-corrected chi connectivity index (χ4v) is 2.93. The van der Waals surface area contributed by atoms with E-state index in [-0.39, 0.29) is 11.3 Å². The van der Waals surface area contributed by atoms with E-state index in [9.17, 15) is 5.11 Å². The van der Waals surface area contributed by atoms with E-state index in [0.717, 1.165) is 23.2 Å². The van der Waals surface area contributed by atoms with Gasteiger partial charge < -0.3 is 5.11 Å². The van der Waals surface area contributed by atoms with Gasteiger partial charge in [0, 0.05) is 5.56 Å². The van der Waals surface area contributed by atoms with Gasteiger partial charge in [-0.15, -0.1) is 0 Å². The summed E-state index contributed by atoms with van der Waals surface area (Å²) in [6, 6.07) is 12.2. The first-order valence-corrected chi connectivity index (χ1v) is 8.88. The highest BCUT2D eigenvalue weighted by Crippen LogP contribution is 2.41. The van der Waals surface area contributed by atoms with Crippen LogP contribution in [0.15, 0.2) is 41.5 Å². The predicted molar refractivity (Wildman–Crippen MR) is 106 cm³/mol. The van der Waals surface area contributed by atoms with Gasteiger partial charge in [-0.1, -0.05) is 58.9 Å². The molecule has 2 aromatic rings. The molecule has 3 rings (SSSR count). The summed E-state index contributed by atoms with van der Waals surface area (Å²) in [5.41, 5.74) is 8.14. The Kier molecular flexibility index (Phi) is 4.46. The SMILES string of the molecule is CCC(C)c1cc(C(C)(C)C)cc(N2N=Cc3ccccc3N2)c1O. The van der Waals surface area contributed by atoms with Crippen LogP contribution in [-0.2, 0) is 5.41 Å². The molecule has 1 unspecified atom stereocenters. The van der Waals surface area contributed by atoms with Crippen molar-refractivity contribution in [3.05, 3.63) is 53.1 Å². The number of aromatic hydroxyl groups is 1. The molecule has 25 heavy (non-hydrogen) atoms. The molecule has 1 atom stereocenters. The van der Waals surface area contributed by atoms with Crippen LogP contribution in [-0.4, -0.2) is 11.3 Å². The van der Waals surface area contributed by atoms with Crippen molar-refractivity contribution in [1.29, 1.82) is 0 Å². The maximum absolute atomic E-state index is 10.9. The first-order chi connectivity index (χ1) is 11.8. The summed E-state index contributed by atoms with van der Waals surface area (Å²) in [6.45, 7) is 10.8. The van der Waals surface area contributed by atoms with Crippen molar-refractivity contribution in [2.24, 2.45) is 5.10 Å². The van der Waals surface area contributed by atoms with Gasteiger partial charge in [0.25, 0.3) is 0 Å². The lowest BCUT2D eigenvalue weighted by Crippen LogP contribution is -2.28. The third-order valence-electron chi connectivity index (χ3n) is 4.86. The number of phenols is 1. The molecule has 2 N–H and O–H groups in total. The summed E-state index contributed by atoms with van der Waals surface area (Å²) in [5, 5.41) is 17.1. The van der Waals surface area contributed by atoms with E-state index in [1.807, 2.05) is 36.5 Å². The number of nitrogens with one attached hydrogen (secondary N) is 1. The third kappa shape index (κ3) is 3.34. The Bertz CT molecular complexity index is 805. The molecule has 0 aliphatic carbocycles. The van der Waals surface area contributed by atoms with Crippen LogP contribution in [0.2, 0.25) is 0 Å². The van der Waals surface area contributed by atoms with Crippen molar-refractivity contribution >= 4 is 17.6 Å². The quantitative estimate of drug-likeness (QED) is 0.790. The van der Waals surface area contributed by atoms with Crippen LogP contribution in [0.3, 0.4) is 0 Å². The molecule has 4 nitrogen and oxygen atoms in total. The molecule has 0 saturated heterocycles. The number of phenolic OH excluding ortho intramolecular Hbond substituents is 1. The number of hydrazone groups is 1. The number of nitrogens with zero attached hydrogens (tertiary/aromatic N) is 2.